The van der Waals surface area contributed by atoms with Gasteiger partial charge in [-0.1, -0.05) is 81.5 Å². The smallest absolute Gasteiger partial charge is 0.165 e. The molecule has 0 nitrogen and oxygen atoms in total. The fraction of sp³-hybridized carbons (Fsp3) is 0.368. The Kier molecular flexibility index (Phi) is 6.33. The summed E-state index contributed by atoms with van der Waals surface area (Å²) in [5.74, 6) is 5.22. The lowest BCUT2D eigenvalue weighted by Crippen LogP contribution is -2.19. The summed E-state index contributed by atoms with van der Waals surface area (Å²) in [5.41, 5.74) is 5.49. The molecule has 0 bridgehead atoms. The van der Waals surface area contributed by atoms with Crippen LogP contribution in [0.2, 0.25) is 39.3 Å². The third kappa shape index (κ3) is 7.25. The largest absolute Gasteiger partial charge is 0.425 e. The SMILES string of the molecule is C[Si](C)(C)C#C/C(=C(/C#C[Si](C)(C)C)C(F)(F)F)c1ccccc1. The van der Waals surface area contributed by atoms with E-state index in [4.69, 9.17) is 0 Å². The number of hydrogen-bond donors (Lipinski definition) is 0. The van der Waals surface area contributed by atoms with E-state index >= 15 is 0 Å². The number of rotatable bonds is 1. The summed E-state index contributed by atoms with van der Waals surface area (Å²) in [7, 11) is -3.76. The number of hydrogen-bond acceptors (Lipinski definition) is 0. The van der Waals surface area contributed by atoms with Gasteiger partial charge in [-0.15, -0.1) is 11.1 Å². The van der Waals surface area contributed by atoms with E-state index in [9.17, 15) is 13.2 Å². The third-order valence-corrected chi connectivity index (χ3v) is 4.47. The first-order valence-corrected chi connectivity index (χ1v) is 14.7. The van der Waals surface area contributed by atoms with Crippen molar-refractivity contribution in [3.63, 3.8) is 0 Å². The quantitative estimate of drug-likeness (QED) is 0.439. The summed E-state index contributed by atoms with van der Waals surface area (Å²) in [6.07, 6.45) is -4.52. The standard InChI is InChI=1S/C19H23F3Si2/c1-23(2,3)14-12-17(16-10-8-7-9-11-16)18(19(20,21)22)13-15-24(4,5)6/h7-11H,1-6H3/b18-17+. The van der Waals surface area contributed by atoms with Crippen molar-refractivity contribution in [2.45, 2.75) is 45.5 Å². The fourth-order valence-electron chi connectivity index (χ4n) is 1.66. The zero-order chi connectivity index (χ0) is 18.6. The van der Waals surface area contributed by atoms with Crippen LogP contribution in [-0.4, -0.2) is 22.3 Å². The Morgan fingerprint density at radius 1 is 0.792 bits per heavy atom. The molecule has 1 rings (SSSR count). The van der Waals surface area contributed by atoms with E-state index in [2.05, 4.69) is 22.9 Å². The Morgan fingerprint density at radius 2 is 1.25 bits per heavy atom. The second kappa shape index (κ2) is 7.46. The lowest BCUT2D eigenvalue weighted by molar-refractivity contribution is -0.0865. The minimum Gasteiger partial charge on any atom is -0.165 e. The third-order valence-electron chi connectivity index (χ3n) is 2.72. The minimum absolute atomic E-state index is 0.0173. The predicted molar refractivity (Wildman–Crippen MR) is 102 cm³/mol. The van der Waals surface area contributed by atoms with E-state index in [0.29, 0.717) is 5.56 Å². The van der Waals surface area contributed by atoms with Crippen LogP contribution in [-0.2, 0) is 0 Å². The van der Waals surface area contributed by atoms with Gasteiger partial charge >= 0.3 is 6.18 Å². The summed E-state index contributed by atoms with van der Waals surface area (Å²) >= 11 is 0. The Labute approximate surface area is 145 Å². The van der Waals surface area contributed by atoms with Gasteiger partial charge in [0.15, 0.2) is 0 Å². The number of alkyl halides is 3. The molecule has 0 radical (unpaired) electrons. The lowest BCUT2D eigenvalue weighted by Gasteiger charge is -2.12. The second-order valence-corrected chi connectivity index (χ2v) is 17.1. The number of halogens is 3. The van der Waals surface area contributed by atoms with Crippen LogP contribution in [0.5, 0.6) is 0 Å². The maximum Gasteiger partial charge on any atom is 0.425 e. The second-order valence-electron chi connectivity index (χ2n) is 7.61. The molecule has 0 amide bonds. The van der Waals surface area contributed by atoms with Gasteiger partial charge in [-0.05, 0) is 5.56 Å². The molecular formula is C19H23F3Si2. The first kappa shape index (κ1) is 20.3. The first-order chi connectivity index (χ1) is 10.8. The van der Waals surface area contributed by atoms with Crippen LogP contribution < -0.4 is 0 Å². The first-order valence-electron chi connectivity index (χ1n) is 7.73. The molecule has 0 spiro atoms. The van der Waals surface area contributed by atoms with Crippen molar-refractivity contribution in [1.29, 1.82) is 0 Å². The molecule has 24 heavy (non-hydrogen) atoms. The Bertz CT molecular complexity index is 723. The summed E-state index contributed by atoms with van der Waals surface area (Å²) in [5, 5.41) is 0. The minimum atomic E-state index is -4.52. The average molecular weight is 365 g/mol. The van der Waals surface area contributed by atoms with E-state index < -0.39 is 27.9 Å². The number of benzene rings is 1. The Morgan fingerprint density at radius 3 is 1.67 bits per heavy atom. The monoisotopic (exact) mass is 364 g/mol. The van der Waals surface area contributed by atoms with Gasteiger partial charge in [-0.2, -0.15) is 13.2 Å². The molecule has 0 aliphatic rings. The van der Waals surface area contributed by atoms with Gasteiger partial charge in [-0.25, -0.2) is 0 Å². The van der Waals surface area contributed by atoms with E-state index in [1.54, 1.807) is 30.3 Å². The van der Waals surface area contributed by atoms with Crippen LogP contribution in [0.3, 0.4) is 0 Å². The molecule has 1 aromatic rings. The van der Waals surface area contributed by atoms with Gasteiger partial charge in [0.1, 0.15) is 21.7 Å². The van der Waals surface area contributed by atoms with E-state index in [0.717, 1.165) is 0 Å². The Hall–Kier alpha value is -1.70. The van der Waals surface area contributed by atoms with Crippen molar-refractivity contribution in [2.75, 3.05) is 0 Å². The predicted octanol–water partition coefficient (Wildman–Crippen LogP) is 5.76. The summed E-state index contributed by atoms with van der Waals surface area (Å²) in [4.78, 5) is 0. The van der Waals surface area contributed by atoms with Gasteiger partial charge < -0.3 is 0 Å². The molecule has 1 aromatic carbocycles. The lowest BCUT2D eigenvalue weighted by atomic mass is 10.0. The van der Waals surface area contributed by atoms with Crippen LogP contribution in [0, 0.1) is 22.9 Å². The molecule has 0 unspecified atom stereocenters. The van der Waals surface area contributed by atoms with Crippen LogP contribution in [0.25, 0.3) is 5.57 Å². The molecule has 0 atom stereocenters. The molecule has 0 saturated carbocycles. The topological polar surface area (TPSA) is 0 Å². The van der Waals surface area contributed by atoms with Gasteiger partial charge in [0, 0.05) is 0 Å². The van der Waals surface area contributed by atoms with Crippen molar-refractivity contribution in [3.05, 3.63) is 41.5 Å². The highest BCUT2D eigenvalue weighted by Crippen LogP contribution is 2.32. The zero-order valence-electron chi connectivity index (χ0n) is 15.0. The average Bonchev–Trinajstić information content (AvgIpc) is 2.39. The summed E-state index contributed by atoms with van der Waals surface area (Å²) in [6, 6.07) is 8.50. The Balaban J connectivity index is 3.73. The van der Waals surface area contributed by atoms with Crippen LogP contribution in [0.1, 0.15) is 5.56 Å². The van der Waals surface area contributed by atoms with Crippen LogP contribution in [0.15, 0.2) is 35.9 Å². The van der Waals surface area contributed by atoms with Crippen LogP contribution >= 0.6 is 0 Å². The van der Waals surface area contributed by atoms with Crippen molar-refractivity contribution in [1.82, 2.24) is 0 Å². The molecule has 0 N–H and O–H groups in total. The maximum atomic E-state index is 13.6. The maximum absolute atomic E-state index is 13.6. The molecule has 0 saturated heterocycles. The van der Waals surface area contributed by atoms with Crippen LogP contribution in [0.4, 0.5) is 13.2 Å². The molecule has 0 heterocycles. The molecule has 0 aliphatic carbocycles. The summed E-state index contributed by atoms with van der Waals surface area (Å²) in [6.45, 7) is 11.8. The van der Waals surface area contributed by atoms with E-state index in [1.807, 2.05) is 39.3 Å². The molecule has 0 aromatic heterocycles. The molecular weight excluding hydrogens is 341 g/mol. The number of allylic oxidation sites excluding steroid dienone is 2. The molecule has 0 aliphatic heterocycles. The highest BCUT2D eigenvalue weighted by Gasteiger charge is 2.36. The molecule has 128 valence electrons. The highest BCUT2D eigenvalue weighted by atomic mass is 28.3. The summed E-state index contributed by atoms with van der Waals surface area (Å²) < 4.78 is 40.9. The van der Waals surface area contributed by atoms with Crippen molar-refractivity contribution in [3.8, 4) is 22.9 Å². The van der Waals surface area contributed by atoms with Gasteiger partial charge in [0.25, 0.3) is 0 Å². The van der Waals surface area contributed by atoms with Gasteiger partial charge in [0.05, 0.1) is 5.57 Å². The molecule has 5 heteroatoms. The van der Waals surface area contributed by atoms with Crippen molar-refractivity contribution >= 4 is 21.7 Å². The highest BCUT2D eigenvalue weighted by molar-refractivity contribution is 6.84. The molecule has 0 fully saturated rings. The van der Waals surface area contributed by atoms with Gasteiger partial charge in [0.2, 0.25) is 0 Å². The fourth-order valence-corrected chi connectivity index (χ4v) is 2.66. The van der Waals surface area contributed by atoms with Gasteiger partial charge in [-0.3, -0.25) is 0 Å². The van der Waals surface area contributed by atoms with E-state index in [-0.39, 0.29) is 5.57 Å². The van der Waals surface area contributed by atoms with Crippen molar-refractivity contribution in [2.24, 2.45) is 0 Å². The normalized spacial score (nSPS) is 13.2. The van der Waals surface area contributed by atoms with Crippen molar-refractivity contribution < 1.29 is 13.2 Å². The zero-order valence-corrected chi connectivity index (χ0v) is 17.0. The van der Waals surface area contributed by atoms with E-state index in [1.165, 1.54) is 0 Å².